The predicted octanol–water partition coefficient (Wildman–Crippen LogP) is 5.96. The first-order valence-corrected chi connectivity index (χ1v) is 15.9. The predicted molar refractivity (Wildman–Crippen MR) is 174 cm³/mol. The lowest BCUT2D eigenvalue weighted by Crippen LogP contribution is -2.52. The molecule has 2 atom stereocenters. The van der Waals surface area contributed by atoms with Crippen LogP contribution in [0.4, 0.5) is 13.2 Å². The van der Waals surface area contributed by atoms with E-state index < -0.39 is 53.4 Å². The number of hydrogen-bond donors (Lipinski definition) is 2. The monoisotopic (exact) mass is 655 g/mol. The number of likely N-dealkylation sites (tertiary alicyclic amines) is 1. The molecule has 1 aliphatic heterocycles. The zero-order valence-electron chi connectivity index (χ0n) is 28.0. The molecule has 1 aromatic heterocycles. The zero-order valence-corrected chi connectivity index (χ0v) is 28.0. The van der Waals surface area contributed by atoms with E-state index in [1.807, 2.05) is 13.8 Å². The number of rotatable bonds is 13. The number of nitrogens with one attached hydrogen (secondary N) is 1. The van der Waals surface area contributed by atoms with Crippen LogP contribution in [-0.4, -0.2) is 59.3 Å². The maximum atomic E-state index is 15.8. The van der Waals surface area contributed by atoms with Crippen molar-refractivity contribution in [3.05, 3.63) is 91.6 Å². The van der Waals surface area contributed by atoms with Crippen LogP contribution in [0.1, 0.15) is 72.2 Å². The molecular weight excluding hydrogens is 611 g/mol. The van der Waals surface area contributed by atoms with Gasteiger partial charge < -0.3 is 19.7 Å². The summed E-state index contributed by atoms with van der Waals surface area (Å²) in [4.78, 5) is 41.5. The molecule has 1 amide bonds. The Morgan fingerprint density at radius 1 is 1.00 bits per heavy atom. The average molecular weight is 656 g/mol. The van der Waals surface area contributed by atoms with Crippen molar-refractivity contribution in [2.75, 3.05) is 26.7 Å². The number of methoxy groups -OCH3 is 1. The molecule has 8 nitrogen and oxygen atoms in total. The van der Waals surface area contributed by atoms with Crippen LogP contribution in [0.3, 0.4) is 0 Å². The normalized spacial score (nSPS) is 15.0. The molecule has 0 bridgehead atoms. The second-order valence-electron chi connectivity index (χ2n) is 13.1. The van der Waals surface area contributed by atoms with Gasteiger partial charge in [-0.3, -0.25) is 19.3 Å². The van der Waals surface area contributed by atoms with Crippen molar-refractivity contribution < 1.29 is 32.6 Å². The Kier molecular flexibility index (Phi) is 11.3. The largest absolute Gasteiger partial charge is 0.481 e. The van der Waals surface area contributed by atoms with Crippen molar-refractivity contribution in [1.29, 1.82) is 0 Å². The van der Waals surface area contributed by atoms with Crippen LogP contribution < -0.4 is 10.9 Å². The third-order valence-corrected chi connectivity index (χ3v) is 8.96. The molecule has 11 heteroatoms. The molecule has 254 valence electrons. The van der Waals surface area contributed by atoms with E-state index in [0.29, 0.717) is 40.8 Å². The number of carboxylic acids is 1. The van der Waals surface area contributed by atoms with Crippen LogP contribution in [0.2, 0.25) is 0 Å². The number of hydrogen-bond acceptors (Lipinski definition) is 5. The summed E-state index contributed by atoms with van der Waals surface area (Å²) in [6.07, 6.45) is 1.60. The number of aromatic nitrogens is 1. The van der Waals surface area contributed by atoms with Gasteiger partial charge in [0.25, 0.3) is 5.56 Å². The van der Waals surface area contributed by atoms with E-state index in [2.05, 4.69) is 10.2 Å². The van der Waals surface area contributed by atoms with Gasteiger partial charge in [-0.05, 0) is 110 Å². The minimum absolute atomic E-state index is 0.0609. The fourth-order valence-electron chi connectivity index (χ4n) is 6.39. The molecule has 0 radical (unpaired) electrons. The number of halogens is 3. The fourth-order valence-corrected chi connectivity index (χ4v) is 6.39. The second-order valence-corrected chi connectivity index (χ2v) is 13.1. The standard InChI is InChI=1S/C36H44F3N3O5/c1-19(2)10-30(42-16-24(23(6)34(39)36(42)46)8-9-41-17-27(18-41)47-7)35(45)40-29(15-31(43)44)28-14-25(11-22(5)33(28)38)32-20(3)12-26(37)13-21(32)4/h11-14,16,19,27,29-30H,8-10,15,17-18H2,1-7H3,(H,40,45)(H,43,44). The van der Waals surface area contributed by atoms with Crippen molar-refractivity contribution in [3.63, 3.8) is 0 Å². The van der Waals surface area contributed by atoms with Crippen molar-refractivity contribution in [2.45, 2.75) is 79.0 Å². The molecule has 2 unspecified atom stereocenters. The lowest BCUT2D eigenvalue weighted by molar-refractivity contribution is -0.138. The Bertz CT molecular complexity index is 1690. The SMILES string of the molecule is COC1CN(CCc2cn(C(CC(C)C)C(=O)NC(CC(=O)O)c3cc(-c4c(C)cc(F)cc4C)cc(C)c3F)c(=O)c(F)c2C)C1. The molecule has 1 fully saturated rings. The van der Waals surface area contributed by atoms with E-state index in [-0.39, 0.29) is 35.1 Å². The first-order chi connectivity index (χ1) is 22.1. The number of ether oxygens (including phenoxy) is 1. The Morgan fingerprint density at radius 2 is 1.64 bits per heavy atom. The highest BCUT2D eigenvalue weighted by Crippen LogP contribution is 2.34. The third-order valence-electron chi connectivity index (χ3n) is 8.96. The number of amides is 1. The minimum atomic E-state index is -1.32. The zero-order chi connectivity index (χ0) is 34.7. The molecule has 4 rings (SSSR count). The first kappa shape index (κ1) is 35.9. The Balaban J connectivity index is 1.73. The highest BCUT2D eigenvalue weighted by atomic mass is 19.1. The van der Waals surface area contributed by atoms with Gasteiger partial charge >= 0.3 is 5.97 Å². The highest BCUT2D eigenvalue weighted by molar-refractivity contribution is 5.82. The number of nitrogens with zero attached hydrogens (tertiary/aromatic N) is 2. The quantitative estimate of drug-likeness (QED) is 0.236. The summed E-state index contributed by atoms with van der Waals surface area (Å²) in [5, 5.41) is 12.5. The Labute approximate surface area is 273 Å². The second kappa shape index (κ2) is 14.9. The van der Waals surface area contributed by atoms with E-state index in [4.69, 9.17) is 4.74 Å². The van der Waals surface area contributed by atoms with Crippen LogP contribution in [-0.2, 0) is 20.7 Å². The van der Waals surface area contributed by atoms with Crippen LogP contribution >= 0.6 is 0 Å². The van der Waals surface area contributed by atoms with E-state index in [1.54, 1.807) is 27.0 Å². The summed E-state index contributed by atoms with van der Waals surface area (Å²) in [6.45, 7) is 12.3. The van der Waals surface area contributed by atoms with Crippen LogP contribution in [0.25, 0.3) is 11.1 Å². The summed E-state index contributed by atoms with van der Waals surface area (Å²) in [6, 6.07) is 3.28. The number of carbonyl (C=O) groups is 2. The van der Waals surface area contributed by atoms with Gasteiger partial charge in [0.05, 0.1) is 18.6 Å². The van der Waals surface area contributed by atoms with E-state index >= 15 is 8.78 Å². The summed E-state index contributed by atoms with van der Waals surface area (Å²) < 4.78 is 51.6. The average Bonchev–Trinajstić information content (AvgIpc) is 2.95. The summed E-state index contributed by atoms with van der Waals surface area (Å²) in [5.74, 6) is -4.19. The Hall–Kier alpha value is -3.96. The number of carboxylic acid groups (broad SMARTS) is 1. The van der Waals surface area contributed by atoms with Crippen LogP contribution in [0, 0.1) is 51.1 Å². The molecule has 0 spiro atoms. The van der Waals surface area contributed by atoms with Gasteiger partial charge in [0.15, 0.2) is 5.82 Å². The molecular formula is C36H44F3N3O5. The van der Waals surface area contributed by atoms with Gasteiger partial charge in [-0.1, -0.05) is 13.8 Å². The lowest BCUT2D eigenvalue weighted by Gasteiger charge is -2.38. The maximum Gasteiger partial charge on any atom is 0.305 e. The maximum absolute atomic E-state index is 15.8. The van der Waals surface area contributed by atoms with Gasteiger partial charge in [0, 0.05) is 38.5 Å². The lowest BCUT2D eigenvalue weighted by atomic mass is 9.90. The van der Waals surface area contributed by atoms with Crippen molar-refractivity contribution >= 4 is 11.9 Å². The molecule has 2 heterocycles. The van der Waals surface area contributed by atoms with Gasteiger partial charge in [-0.2, -0.15) is 0 Å². The van der Waals surface area contributed by atoms with Gasteiger partial charge in [-0.25, -0.2) is 13.2 Å². The molecule has 1 saturated heterocycles. The van der Waals surface area contributed by atoms with Gasteiger partial charge in [0.1, 0.15) is 17.7 Å². The van der Waals surface area contributed by atoms with E-state index in [1.165, 1.54) is 38.2 Å². The summed E-state index contributed by atoms with van der Waals surface area (Å²) >= 11 is 0. The van der Waals surface area contributed by atoms with Gasteiger partial charge in [0.2, 0.25) is 5.91 Å². The number of benzene rings is 2. The number of pyridine rings is 1. The molecule has 3 aromatic rings. The topological polar surface area (TPSA) is 101 Å². The number of aryl methyl sites for hydroxylation is 3. The van der Waals surface area contributed by atoms with Crippen LogP contribution in [0.5, 0.6) is 0 Å². The first-order valence-electron chi connectivity index (χ1n) is 15.9. The van der Waals surface area contributed by atoms with Gasteiger partial charge in [-0.15, -0.1) is 0 Å². The van der Waals surface area contributed by atoms with Crippen molar-refractivity contribution in [3.8, 4) is 11.1 Å². The number of carbonyl (C=O) groups excluding carboxylic acids is 1. The third kappa shape index (κ3) is 8.13. The van der Waals surface area contributed by atoms with Crippen molar-refractivity contribution in [1.82, 2.24) is 14.8 Å². The molecule has 0 saturated carbocycles. The van der Waals surface area contributed by atoms with E-state index in [9.17, 15) is 23.9 Å². The number of aliphatic carboxylic acids is 1. The molecule has 47 heavy (non-hydrogen) atoms. The molecule has 2 N–H and O–H groups in total. The molecule has 1 aliphatic rings. The molecule has 2 aromatic carbocycles. The van der Waals surface area contributed by atoms with Crippen molar-refractivity contribution in [2.24, 2.45) is 5.92 Å². The summed E-state index contributed by atoms with van der Waals surface area (Å²) in [7, 11) is 1.65. The Morgan fingerprint density at radius 3 is 2.21 bits per heavy atom. The van der Waals surface area contributed by atoms with E-state index in [0.717, 1.165) is 17.7 Å². The fraction of sp³-hybridized carbons (Fsp3) is 0.472. The smallest absolute Gasteiger partial charge is 0.305 e. The van der Waals surface area contributed by atoms with Crippen LogP contribution in [0.15, 0.2) is 35.3 Å². The minimum Gasteiger partial charge on any atom is -0.481 e. The molecule has 0 aliphatic carbocycles. The highest BCUT2D eigenvalue weighted by Gasteiger charge is 2.31. The summed E-state index contributed by atoms with van der Waals surface area (Å²) in [5.41, 5.74) is 2.40.